The van der Waals surface area contributed by atoms with E-state index in [-0.39, 0.29) is 5.04 Å². The van der Waals surface area contributed by atoms with Crippen molar-refractivity contribution in [2.45, 2.75) is 45.8 Å². The maximum absolute atomic E-state index is 6.35. The van der Waals surface area contributed by atoms with Crippen molar-refractivity contribution >= 4 is 47.3 Å². The summed E-state index contributed by atoms with van der Waals surface area (Å²) in [4.78, 5) is 8.65. The zero-order chi connectivity index (χ0) is 21.9. The molecule has 1 heterocycles. The van der Waals surface area contributed by atoms with Gasteiger partial charge in [0.05, 0.1) is 5.69 Å². The molecule has 0 aliphatic rings. The monoisotopic (exact) mass is 484 g/mol. The number of hydrogen-bond acceptors (Lipinski definition) is 5. The molecule has 158 valence electrons. The van der Waals surface area contributed by atoms with Crippen molar-refractivity contribution in [3.63, 3.8) is 0 Å². The Bertz CT molecular complexity index is 1020. The standard InChI is InChI=1S/C23H29BrN4OSi/c1-16-7-12-20(19(24)13-16)28-22-14-21(25-15-26-22)27-17-8-10-18(11-9-17)29-30(5,6)23(2,3)4/h7-15H,1-6H3,(H2,25,26,27,28). The van der Waals surface area contributed by atoms with E-state index in [0.717, 1.165) is 27.4 Å². The summed E-state index contributed by atoms with van der Waals surface area (Å²) >= 11 is 3.59. The van der Waals surface area contributed by atoms with Gasteiger partial charge in [-0.15, -0.1) is 0 Å². The van der Waals surface area contributed by atoms with Gasteiger partial charge in [0.15, 0.2) is 0 Å². The largest absolute Gasteiger partial charge is 0.544 e. The van der Waals surface area contributed by atoms with E-state index in [1.807, 2.05) is 36.4 Å². The molecule has 0 saturated carbocycles. The van der Waals surface area contributed by atoms with Crippen LogP contribution in [0.4, 0.5) is 23.0 Å². The van der Waals surface area contributed by atoms with Crippen LogP contribution in [0, 0.1) is 6.92 Å². The van der Waals surface area contributed by atoms with E-state index in [4.69, 9.17) is 4.43 Å². The molecule has 1 aromatic heterocycles. The lowest BCUT2D eigenvalue weighted by Crippen LogP contribution is -2.43. The average Bonchev–Trinajstić information content (AvgIpc) is 2.65. The summed E-state index contributed by atoms with van der Waals surface area (Å²) < 4.78 is 7.34. The second-order valence-electron chi connectivity index (χ2n) is 8.91. The van der Waals surface area contributed by atoms with Gasteiger partial charge in [-0.25, -0.2) is 9.97 Å². The lowest BCUT2D eigenvalue weighted by Gasteiger charge is -2.36. The second-order valence-corrected chi connectivity index (χ2v) is 14.5. The molecule has 0 radical (unpaired) electrons. The van der Waals surface area contributed by atoms with Crippen molar-refractivity contribution in [1.82, 2.24) is 9.97 Å². The first-order valence-corrected chi connectivity index (χ1v) is 13.6. The highest BCUT2D eigenvalue weighted by Gasteiger charge is 2.38. The van der Waals surface area contributed by atoms with Crippen molar-refractivity contribution in [3.8, 4) is 5.75 Å². The summed E-state index contributed by atoms with van der Waals surface area (Å²) in [6.45, 7) is 13.3. The Morgan fingerprint density at radius 3 is 2.13 bits per heavy atom. The number of rotatable bonds is 6. The lowest BCUT2D eigenvalue weighted by molar-refractivity contribution is 0.492. The number of aromatic nitrogens is 2. The van der Waals surface area contributed by atoms with Crippen molar-refractivity contribution in [1.29, 1.82) is 0 Å². The van der Waals surface area contributed by atoms with Crippen LogP contribution in [0.15, 0.2) is 59.3 Å². The maximum Gasteiger partial charge on any atom is 0.250 e. The van der Waals surface area contributed by atoms with E-state index in [0.29, 0.717) is 5.82 Å². The van der Waals surface area contributed by atoms with Crippen LogP contribution in [-0.2, 0) is 0 Å². The van der Waals surface area contributed by atoms with Crippen LogP contribution in [0.5, 0.6) is 5.75 Å². The van der Waals surface area contributed by atoms with Gasteiger partial charge >= 0.3 is 0 Å². The molecule has 0 spiro atoms. The number of anilines is 4. The van der Waals surface area contributed by atoms with E-state index in [1.165, 1.54) is 5.56 Å². The van der Waals surface area contributed by atoms with Gasteiger partial charge < -0.3 is 15.1 Å². The molecular formula is C23H29BrN4OSi. The van der Waals surface area contributed by atoms with Crippen LogP contribution in [0.25, 0.3) is 0 Å². The molecule has 0 aliphatic carbocycles. The second kappa shape index (κ2) is 8.77. The molecule has 2 aromatic carbocycles. The van der Waals surface area contributed by atoms with E-state index < -0.39 is 8.32 Å². The van der Waals surface area contributed by atoms with E-state index in [2.05, 4.69) is 89.5 Å². The number of aryl methyl sites for hydroxylation is 1. The van der Waals surface area contributed by atoms with Crippen molar-refractivity contribution < 1.29 is 4.43 Å². The number of benzene rings is 2. The molecular weight excluding hydrogens is 456 g/mol. The Morgan fingerprint density at radius 1 is 0.900 bits per heavy atom. The summed E-state index contributed by atoms with van der Waals surface area (Å²) in [5.74, 6) is 2.34. The van der Waals surface area contributed by atoms with E-state index in [9.17, 15) is 0 Å². The van der Waals surface area contributed by atoms with Gasteiger partial charge in [-0.2, -0.15) is 0 Å². The minimum absolute atomic E-state index is 0.167. The number of nitrogens with one attached hydrogen (secondary N) is 2. The first-order chi connectivity index (χ1) is 14.0. The maximum atomic E-state index is 6.35. The van der Waals surface area contributed by atoms with Gasteiger partial charge in [-0.05, 0) is 82.9 Å². The summed E-state index contributed by atoms with van der Waals surface area (Å²) in [5, 5.41) is 6.82. The molecule has 0 saturated heterocycles. The molecule has 0 aliphatic heterocycles. The summed E-state index contributed by atoms with van der Waals surface area (Å²) in [7, 11) is -1.84. The third kappa shape index (κ3) is 5.61. The number of halogens is 1. The molecule has 0 atom stereocenters. The fourth-order valence-electron chi connectivity index (χ4n) is 2.56. The topological polar surface area (TPSA) is 59.1 Å². The Labute approximate surface area is 188 Å². The molecule has 5 nitrogen and oxygen atoms in total. The third-order valence-corrected chi connectivity index (χ3v) is 10.4. The Hall–Kier alpha value is -2.38. The van der Waals surface area contributed by atoms with E-state index >= 15 is 0 Å². The fourth-order valence-corrected chi connectivity index (χ4v) is 4.18. The smallest absolute Gasteiger partial charge is 0.250 e. The number of nitrogens with zero attached hydrogens (tertiary/aromatic N) is 2. The first-order valence-electron chi connectivity index (χ1n) is 9.95. The van der Waals surface area contributed by atoms with Crippen LogP contribution < -0.4 is 15.1 Å². The molecule has 0 bridgehead atoms. The van der Waals surface area contributed by atoms with Gasteiger partial charge in [-0.1, -0.05) is 26.8 Å². The highest BCUT2D eigenvalue weighted by Crippen LogP contribution is 2.37. The van der Waals surface area contributed by atoms with Gasteiger partial charge in [0.1, 0.15) is 23.7 Å². The molecule has 3 aromatic rings. The summed E-state index contributed by atoms with van der Waals surface area (Å²) in [6, 6.07) is 16.1. The molecule has 3 rings (SSSR count). The molecule has 0 amide bonds. The van der Waals surface area contributed by atoms with Crippen LogP contribution >= 0.6 is 15.9 Å². The SMILES string of the molecule is Cc1ccc(Nc2cc(Nc3ccc(O[Si](C)(C)C(C)(C)C)cc3)ncn2)c(Br)c1. The average molecular weight is 486 g/mol. The Morgan fingerprint density at radius 2 is 1.53 bits per heavy atom. The van der Waals surface area contributed by atoms with Crippen molar-refractivity contribution in [2.24, 2.45) is 0 Å². The van der Waals surface area contributed by atoms with Crippen LogP contribution in [0.1, 0.15) is 26.3 Å². The van der Waals surface area contributed by atoms with Gasteiger partial charge in [0.2, 0.25) is 8.32 Å². The van der Waals surface area contributed by atoms with Gasteiger partial charge in [0.25, 0.3) is 0 Å². The zero-order valence-corrected chi connectivity index (χ0v) is 21.0. The third-order valence-electron chi connectivity index (χ3n) is 5.36. The number of hydrogen-bond donors (Lipinski definition) is 2. The van der Waals surface area contributed by atoms with Crippen molar-refractivity contribution in [3.05, 3.63) is 64.9 Å². The first kappa shape index (κ1) is 22.3. The summed E-state index contributed by atoms with van der Waals surface area (Å²) in [5.41, 5.74) is 3.09. The quantitative estimate of drug-likeness (QED) is 0.356. The fraction of sp³-hybridized carbons (Fsp3) is 0.304. The van der Waals surface area contributed by atoms with Crippen LogP contribution in [-0.4, -0.2) is 18.3 Å². The molecule has 0 fully saturated rings. The Kier molecular flexibility index (Phi) is 6.52. The van der Waals surface area contributed by atoms with Crippen LogP contribution in [0.2, 0.25) is 18.1 Å². The molecule has 0 unspecified atom stereocenters. The van der Waals surface area contributed by atoms with E-state index in [1.54, 1.807) is 6.33 Å². The van der Waals surface area contributed by atoms with Gasteiger partial charge in [-0.3, -0.25) is 0 Å². The summed E-state index contributed by atoms with van der Waals surface area (Å²) in [6.07, 6.45) is 1.54. The van der Waals surface area contributed by atoms with Crippen molar-refractivity contribution in [2.75, 3.05) is 10.6 Å². The molecule has 7 heteroatoms. The normalized spacial score (nSPS) is 11.8. The molecule has 30 heavy (non-hydrogen) atoms. The lowest BCUT2D eigenvalue weighted by atomic mass is 10.2. The minimum atomic E-state index is -1.84. The predicted octanol–water partition coefficient (Wildman–Crippen LogP) is 7.42. The minimum Gasteiger partial charge on any atom is -0.544 e. The zero-order valence-electron chi connectivity index (χ0n) is 18.4. The highest BCUT2D eigenvalue weighted by atomic mass is 79.9. The Balaban J connectivity index is 1.69. The molecule has 2 N–H and O–H groups in total. The predicted molar refractivity (Wildman–Crippen MR) is 132 cm³/mol. The van der Waals surface area contributed by atoms with Crippen LogP contribution in [0.3, 0.4) is 0 Å². The van der Waals surface area contributed by atoms with Gasteiger partial charge in [0, 0.05) is 16.2 Å². The highest BCUT2D eigenvalue weighted by molar-refractivity contribution is 9.10.